The number of hydrogen-bond acceptors (Lipinski definition) is 4. The van der Waals surface area contributed by atoms with Crippen LogP contribution in [0, 0.1) is 3.57 Å². The Bertz CT molecular complexity index is 5920. The van der Waals surface area contributed by atoms with Crippen LogP contribution >= 0.6 is 77.1 Å². The fraction of sp³-hybridized carbons (Fsp3) is 0.0909. The first-order valence-corrected chi connectivity index (χ1v) is 37.1. The van der Waals surface area contributed by atoms with Gasteiger partial charge in [-0.3, -0.25) is 0 Å². The molecule has 0 saturated carbocycles. The normalized spacial score (nSPS) is 17.5. The van der Waals surface area contributed by atoms with Crippen molar-refractivity contribution in [1.82, 2.24) is 0 Å². The number of hydrogen-bond donors (Lipinski definition) is 0. The molecule has 2 aromatic heterocycles. The van der Waals surface area contributed by atoms with E-state index in [1.165, 1.54) is 166 Å². The molecule has 2 atom stereocenters. The first-order valence-electron chi connectivity index (χ1n) is 32.8. The first-order chi connectivity index (χ1) is 46.8. The monoisotopic (exact) mass is 1510 g/mol. The highest BCUT2D eigenvalue weighted by atomic mass is 127. The fourth-order valence-electron chi connectivity index (χ4n) is 16.8. The Balaban J connectivity index is 0.000000112. The molecule has 21 rings (SSSR count). The van der Waals surface area contributed by atoms with Gasteiger partial charge in [-0.1, -0.05) is 238 Å². The lowest BCUT2D eigenvalue weighted by Crippen LogP contribution is -2.41. The van der Waals surface area contributed by atoms with Crippen molar-refractivity contribution >= 4 is 152 Å². The molecule has 4 aliphatic carbocycles. The van der Waals surface area contributed by atoms with Gasteiger partial charge in [-0.05, 0) is 250 Å². The zero-order valence-corrected chi connectivity index (χ0v) is 59.9. The second kappa shape index (κ2) is 21.9. The summed E-state index contributed by atoms with van der Waals surface area (Å²) in [5.74, 6) is 0. The molecule has 1 aliphatic heterocycles. The number of fused-ring (bicyclic) bond motifs is 30. The molecule has 0 radical (unpaired) electrons. The average Bonchev–Trinajstić information content (AvgIpc) is 1.51. The summed E-state index contributed by atoms with van der Waals surface area (Å²) >= 11 is 13.3. The van der Waals surface area contributed by atoms with E-state index in [2.05, 4.69) is 361 Å². The molecule has 2 unspecified atom stereocenters. The Morgan fingerprint density at radius 3 is 1.19 bits per heavy atom. The minimum atomic E-state index is -0.408. The van der Waals surface area contributed by atoms with Crippen LogP contribution in [0.1, 0.15) is 72.2 Å². The predicted octanol–water partition coefficient (Wildman–Crippen LogP) is 24.9. The molecule has 0 N–H and O–H groups in total. The van der Waals surface area contributed by atoms with Gasteiger partial charge in [0, 0.05) is 52.9 Å². The van der Waals surface area contributed by atoms with Crippen LogP contribution in [0.5, 0.6) is 0 Å². The molecular formula is C88H58BBr2IO2S2. The van der Waals surface area contributed by atoms with Crippen LogP contribution in [0.4, 0.5) is 0 Å². The quantitative estimate of drug-likeness (QED) is 0.127. The molecule has 1 fully saturated rings. The number of rotatable bonds is 2. The molecule has 0 bridgehead atoms. The van der Waals surface area contributed by atoms with Gasteiger partial charge in [-0.25, -0.2) is 0 Å². The van der Waals surface area contributed by atoms with Crippen LogP contribution in [0.15, 0.2) is 288 Å². The van der Waals surface area contributed by atoms with Crippen LogP contribution in [-0.4, -0.2) is 18.3 Å². The van der Waals surface area contributed by atoms with Crippen molar-refractivity contribution in [3.8, 4) is 55.6 Å². The van der Waals surface area contributed by atoms with E-state index in [1.54, 1.807) is 0 Å². The third-order valence-corrected chi connectivity index (χ3v) is 25.6. The number of benzene rings is 14. The third-order valence-electron chi connectivity index (χ3n) is 21.6. The van der Waals surface area contributed by atoms with Crippen molar-refractivity contribution in [3.05, 3.63) is 336 Å². The lowest BCUT2D eigenvalue weighted by atomic mass is 9.67. The molecule has 458 valence electrons. The molecule has 8 heteroatoms. The maximum Gasteiger partial charge on any atom is 0.494 e. The van der Waals surface area contributed by atoms with E-state index in [0.717, 1.165) is 14.4 Å². The summed E-state index contributed by atoms with van der Waals surface area (Å²) in [7, 11) is -0.408. The van der Waals surface area contributed by atoms with Gasteiger partial charge in [-0.2, -0.15) is 0 Å². The van der Waals surface area contributed by atoms with Gasteiger partial charge in [-0.15, -0.1) is 22.7 Å². The van der Waals surface area contributed by atoms with Crippen molar-refractivity contribution in [3.63, 3.8) is 0 Å². The summed E-state index contributed by atoms with van der Waals surface area (Å²) in [6.07, 6.45) is 0. The molecule has 96 heavy (non-hydrogen) atoms. The maximum absolute atomic E-state index is 6.53. The van der Waals surface area contributed by atoms with Gasteiger partial charge in [0.05, 0.1) is 22.0 Å². The summed E-state index contributed by atoms with van der Waals surface area (Å²) < 4.78 is 22.0. The molecule has 0 amide bonds. The highest BCUT2D eigenvalue weighted by molar-refractivity contribution is 14.1. The van der Waals surface area contributed by atoms with Gasteiger partial charge in [0.1, 0.15) is 0 Å². The minimum absolute atomic E-state index is 0.376. The summed E-state index contributed by atoms with van der Waals surface area (Å²) in [6.45, 7) is 8.47. The van der Waals surface area contributed by atoms with E-state index in [4.69, 9.17) is 9.31 Å². The fourth-order valence-corrected chi connectivity index (χ4v) is 20.2. The summed E-state index contributed by atoms with van der Waals surface area (Å²) in [5.41, 5.74) is 23.6. The first kappa shape index (κ1) is 59.0. The summed E-state index contributed by atoms with van der Waals surface area (Å²) in [5, 5.41) is 10.5. The topological polar surface area (TPSA) is 18.5 Å². The lowest BCUT2D eigenvalue weighted by Gasteiger charge is -2.32. The Morgan fingerprint density at radius 2 is 0.677 bits per heavy atom. The Labute approximate surface area is 596 Å². The second-order valence-corrected chi connectivity index (χ2v) is 32.3. The molecule has 1 saturated heterocycles. The Hall–Kier alpha value is -8.29. The largest absolute Gasteiger partial charge is 0.494 e. The van der Waals surface area contributed by atoms with Gasteiger partial charge >= 0.3 is 7.12 Å². The van der Waals surface area contributed by atoms with Crippen molar-refractivity contribution in [2.75, 3.05) is 0 Å². The Morgan fingerprint density at radius 1 is 0.312 bits per heavy atom. The van der Waals surface area contributed by atoms with Crippen LogP contribution in [0.2, 0.25) is 0 Å². The summed E-state index contributed by atoms with van der Waals surface area (Å²) in [4.78, 5) is 0. The maximum atomic E-state index is 6.53. The molecular weight excluding hydrogens is 1450 g/mol. The van der Waals surface area contributed by atoms with Gasteiger partial charge in [0.2, 0.25) is 0 Å². The summed E-state index contributed by atoms with van der Waals surface area (Å²) in [6, 6.07) is 104. The van der Waals surface area contributed by atoms with Crippen LogP contribution < -0.4 is 5.46 Å². The zero-order valence-electron chi connectivity index (χ0n) is 52.9. The molecule has 2 spiro atoms. The molecule has 14 aromatic carbocycles. The zero-order chi connectivity index (χ0) is 64.6. The standard InChI is InChI=1S/C41H23BrS.C35H29BO2.C12H6BrIS/c42-27-16-20-39-34(23-27)33-21-25(15-19-38(33)43-39)26-14-17-31-29-9-3-5-11-35(29)41(37(31)22-26)36-12-6-4-10-30(36)32-18-13-24-7-1-2-8-28(24)40(32)41;1-33(2)34(3,4)38-36(37-33)23-18-20-27-25-13-7-9-15-29(25)35(31(27)21-23)30-16-10-8-14-26(30)28-19-17-22-11-5-6-12-24(22)32(28)35;13-7-1-3-11-9(5-7)10-6-8(14)2-4-12(10)15-11/h1-23H;5-21H,1-4H3;1-6H. The molecule has 5 aliphatic rings. The molecule has 3 heterocycles. The predicted molar refractivity (Wildman–Crippen MR) is 422 cm³/mol. The van der Waals surface area contributed by atoms with E-state index < -0.39 is 12.5 Å². The van der Waals surface area contributed by atoms with Crippen molar-refractivity contribution < 1.29 is 9.31 Å². The van der Waals surface area contributed by atoms with E-state index in [1.807, 2.05) is 22.7 Å². The van der Waals surface area contributed by atoms with E-state index in [-0.39, 0.29) is 16.6 Å². The van der Waals surface area contributed by atoms with Crippen LogP contribution in [0.25, 0.3) is 118 Å². The lowest BCUT2D eigenvalue weighted by molar-refractivity contribution is 0.00578. The SMILES string of the molecule is Brc1ccc2sc3ccc(-c4ccc5c(c4)C4(c6ccccc6-5)c5ccccc5-c5ccc6ccccc6c54)cc3c2c1.Brc1ccc2sc3ccc(I)cc3c2c1.CC1(C)OB(c2ccc3c(c2)C2(c4ccccc4-3)c3ccccc3-c3ccc4ccccc4c32)OC1(C)C. The Kier molecular flexibility index (Phi) is 13.4. The van der Waals surface area contributed by atoms with Crippen LogP contribution in [0.3, 0.4) is 0 Å². The number of thiophene rings is 2. The average molecular weight is 1510 g/mol. The van der Waals surface area contributed by atoms with Gasteiger partial charge in [0.25, 0.3) is 0 Å². The van der Waals surface area contributed by atoms with Crippen molar-refractivity contribution in [2.45, 2.75) is 49.7 Å². The van der Waals surface area contributed by atoms with E-state index >= 15 is 0 Å². The highest BCUT2D eigenvalue weighted by Crippen LogP contribution is 2.66. The van der Waals surface area contributed by atoms with Gasteiger partial charge in [0.15, 0.2) is 0 Å². The van der Waals surface area contributed by atoms with E-state index in [0.29, 0.717) is 0 Å². The highest BCUT2D eigenvalue weighted by Gasteiger charge is 2.56. The second-order valence-electron chi connectivity index (χ2n) is 27.1. The molecule has 16 aromatic rings. The van der Waals surface area contributed by atoms with Crippen LogP contribution in [-0.2, 0) is 20.1 Å². The molecule has 2 nitrogen and oxygen atoms in total. The third kappa shape index (κ3) is 8.52. The van der Waals surface area contributed by atoms with Crippen molar-refractivity contribution in [1.29, 1.82) is 0 Å². The van der Waals surface area contributed by atoms with Gasteiger partial charge < -0.3 is 9.31 Å². The van der Waals surface area contributed by atoms with Crippen molar-refractivity contribution in [2.24, 2.45) is 0 Å². The minimum Gasteiger partial charge on any atom is -0.399 e. The number of halogens is 3. The van der Waals surface area contributed by atoms with E-state index in [9.17, 15) is 0 Å². The smallest absolute Gasteiger partial charge is 0.399 e.